The van der Waals surface area contributed by atoms with Crippen LogP contribution in [0.5, 0.6) is 0 Å². The summed E-state index contributed by atoms with van der Waals surface area (Å²) in [5.74, 6) is 0. The maximum absolute atomic E-state index is 3.73. The van der Waals surface area contributed by atoms with E-state index in [1.54, 1.807) is 0 Å². The molecule has 0 amide bonds. The maximum atomic E-state index is 3.73. The molecule has 0 aliphatic rings. The number of hydrogen-bond donors (Lipinski definition) is 1. The Morgan fingerprint density at radius 2 is 1.89 bits per heavy atom. The van der Waals surface area contributed by atoms with Crippen molar-refractivity contribution in [2.45, 2.75) is 77.7 Å². The van der Waals surface area contributed by atoms with E-state index in [2.05, 4.69) is 36.7 Å². The molecule has 1 aromatic rings. The van der Waals surface area contributed by atoms with Crippen molar-refractivity contribution in [3.63, 3.8) is 0 Å². The minimum Gasteiger partial charge on any atom is -0.314 e. The van der Waals surface area contributed by atoms with Gasteiger partial charge in [0.25, 0.3) is 0 Å². The summed E-state index contributed by atoms with van der Waals surface area (Å²) in [6, 6.07) is 5.16. The van der Waals surface area contributed by atoms with E-state index in [1.807, 2.05) is 11.3 Å². The van der Waals surface area contributed by atoms with E-state index < -0.39 is 0 Å². The monoisotopic (exact) mass is 281 g/mol. The summed E-state index contributed by atoms with van der Waals surface area (Å²) in [5.41, 5.74) is 0. The van der Waals surface area contributed by atoms with Crippen LogP contribution in [0, 0.1) is 0 Å². The highest BCUT2D eigenvalue weighted by atomic mass is 32.1. The third-order valence-corrected chi connectivity index (χ3v) is 4.59. The summed E-state index contributed by atoms with van der Waals surface area (Å²) < 4.78 is 0. The predicted molar refractivity (Wildman–Crippen MR) is 88.1 cm³/mol. The molecule has 110 valence electrons. The lowest BCUT2D eigenvalue weighted by molar-refractivity contribution is 0.432. The van der Waals surface area contributed by atoms with Gasteiger partial charge < -0.3 is 5.32 Å². The number of thiophene rings is 1. The van der Waals surface area contributed by atoms with Crippen molar-refractivity contribution in [3.8, 4) is 0 Å². The molecule has 1 aromatic heterocycles. The average molecular weight is 282 g/mol. The quantitative estimate of drug-likeness (QED) is 0.505. The van der Waals surface area contributed by atoms with Crippen molar-refractivity contribution in [3.05, 3.63) is 22.4 Å². The van der Waals surface area contributed by atoms with Crippen LogP contribution in [-0.4, -0.2) is 12.6 Å². The van der Waals surface area contributed by atoms with Crippen molar-refractivity contribution < 1.29 is 0 Å². The molecule has 0 aliphatic carbocycles. The van der Waals surface area contributed by atoms with Gasteiger partial charge in [0.2, 0.25) is 0 Å². The Morgan fingerprint density at radius 1 is 1.05 bits per heavy atom. The zero-order chi connectivity index (χ0) is 13.8. The summed E-state index contributed by atoms with van der Waals surface area (Å²) in [7, 11) is 0. The maximum Gasteiger partial charge on any atom is 0.00705 e. The van der Waals surface area contributed by atoms with Crippen LogP contribution < -0.4 is 5.32 Å². The second kappa shape index (κ2) is 11.5. The van der Waals surface area contributed by atoms with E-state index in [9.17, 15) is 0 Å². The van der Waals surface area contributed by atoms with Gasteiger partial charge in [-0.25, -0.2) is 0 Å². The highest BCUT2D eigenvalue weighted by molar-refractivity contribution is 7.09. The summed E-state index contributed by atoms with van der Waals surface area (Å²) in [6.07, 6.45) is 12.1. The first-order valence-corrected chi connectivity index (χ1v) is 9.00. The van der Waals surface area contributed by atoms with Gasteiger partial charge in [-0.15, -0.1) is 11.3 Å². The first-order valence-electron chi connectivity index (χ1n) is 8.12. The molecule has 1 heterocycles. The van der Waals surface area contributed by atoms with Crippen LogP contribution in [0.15, 0.2) is 17.5 Å². The molecule has 0 fully saturated rings. The molecule has 0 bridgehead atoms. The van der Waals surface area contributed by atoms with E-state index in [0.29, 0.717) is 0 Å². The third-order valence-electron chi connectivity index (χ3n) is 3.66. The van der Waals surface area contributed by atoms with E-state index in [0.717, 1.165) is 6.04 Å². The van der Waals surface area contributed by atoms with Gasteiger partial charge in [0.1, 0.15) is 0 Å². The summed E-state index contributed by atoms with van der Waals surface area (Å²) in [6.45, 7) is 5.71. The Bertz CT molecular complexity index is 281. The lowest BCUT2D eigenvalue weighted by atomic mass is 10.0. The lowest BCUT2D eigenvalue weighted by Crippen LogP contribution is -2.30. The fourth-order valence-electron chi connectivity index (χ4n) is 2.46. The summed E-state index contributed by atoms with van der Waals surface area (Å²) in [5, 5.41) is 5.92. The van der Waals surface area contributed by atoms with Crippen LogP contribution >= 0.6 is 11.3 Å². The normalized spacial score (nSPS) is 12.7. The fourth-order valence-corrected chi connectivity index (χ4v) is 3.19. The van der Waals surface area contributed by atoms with Crippen molar-refractivity contribution in [1.29, 1.82) is 0 Å². The fraction of sp³-hybridized carbons (Fsp3) is 0.765. The van der Waals surface area contributed by atoms with Crippen LogP contribution in [0.3, 0.4) is 0 Å². The second-order valence-electron chi connectivity index (χ2n) is 5.47. The summed E-state index contributed by atoms with van der Waals surface area (Å²) in [4.78, 5) is 1.54. The Labute approximate surface area is 123 Å². The topological polar surface area (TPSA) is 12.0 Å². The zero-order valence-corrected chi connectivity index (χ0v) is 13.6. The van der Waals surface area contributed by atoms with Gasteiger partial charge in [0.15, 0.2) is 0 Å². The molecule has 19 heavy (non-hydrogen) atoms. The molecule has 1 atom stereocenters. The minimum atomic E-state index is 0.726. The minimum absolute atomic E-state index is 0.726. The molecule has 0 aliphatic heterocycles. The van der Waals surface area contributed by atoms with Gasteiger partial charge in [-0.1, -0.05) is 52.0 Å². The average Bonchev–Trinajstić information content (AvgIpc) is 2.94. The van der Waals surface area contributed by atoms with Crippen LogP contribution in [0.1, 0.15) is 70.1 Å². The Morgan fingerprint density at radius 3 is 2.58 bits per heavy atom. The number of nitrogens with one attached hydrogen (secondary N) is 1. The van der Waals surface area contributed by atoms with Gasteiger partial charge in [-0.2, -0.15) is 0 Å². The van der Waals surface area contributed by atoms with Gasteiger partial charge in [0, 0.05) is 10.9 Å². The molecule has 0 aromatic carbocycles. The van der Waals surface area contributed by atoms with Crippen LogP contribution in [0.25, 0.3) is 0 Å². The molecule has 1 rings (SSSR count). The molecule has 0 saturated heterocycles. The van der Waals surface area contributed by atoms with E-state index >= 15 is 0 Å². The zero-order valence-electron chi connectivity index (χ0n) is 12.8. The van der Waals surface area contributed by atoms with Gasteiger partial charge in [0.05, 0.1) is 0 Å². The molecule has 0 spiro atoms. The van der Waals surface area contributed by atoms with Crippen molar-refractivity contribution >= 4 is 11.3 Å². The van der Waals surface area contributed by atoms with Crippen LogP contribution in [0.4, 0.5) is 0 Å². The first kappa shape index (κ1) is 16.7. The molecule has 1 nitrogen and oxygen atoms in total. The number of hydrogen-bond acceptors (Lipinski definition) is 2. The first-order chi connectivity index (χ1) is 9.36. The molecular formula is C17H31NS. The predicted octanol–water partition coefficient (Wildman–Crippen LogP) is 5.41. The standard InChI is InChI=1S/C17H31NS/c1-3-5-6-7-8-10-16(18-14-4-2)12-13-17-11-9-15-19-17/h9,11,15-16,18H,3-8,10,12-14H2,1-2H3. The molecule has 1 unspecified atom stereocenters. The number of unbranched alkanes of at least 4 members (excludes halogenated alkanes) is 4. The lowest BCUT2D eigenvalue weighted by Gasteiger charge is -2.18. The van der Waals surface area contributed by atoms with Crippen molar-refractivity contribution in [2.24, 2.45) is 0 Å². The van der Waals surface area contributed by atoms with E-state index in [4.69, 9.17) is 0 Å². The Kier molecular flexibility index (Phi) is 10.1. The smallest absolute Gasteiger partial charge is 0.00705 e. The second-order valence-corrected chi connectivity index (χ2v) is 6.50. The van der Waals surface area contributed by atoms with Crippen LogP contribution in [0.2, 0.25) is 0 Å². The molecular weight excluding hydrogens is 250 g/mol. The van der Waals surface area contributed by atoms with Gasteiger partial charge in [-0.05, 0) is 43.7 Å². The summed E-state index contributed by atoms with van der Waals surface area (Å²) >= 11 is 1.90. The van der Waals surface area contributed by atoms with E-state index in [-0.39, 0.29) is 0 Å². The Balaban J connectivity index is 2.18. The van der Waals surface area contributed by atoms with E-state index in [1.165, 1.54) is 69.2 Å². The molecule has 1 N–H and O–H groups in total. The molecule has 0 radical (unpaired) electrons. The Hall–Kier alpha value is -0.340. The third kappa shape index (κ3) is 8.43. The largest absolute Gasteiger partial charge is 0.314 e. The SMILES string of the molecule is CCCCCCCC(CCc1cccs1)NCCC. The number of aryl methyl sites for hydroxylation is 1. The van der Waals surface area contributed by atoms with Gasteiger partial charge >= 0.3 is 0 Å². The van der Waals surface area contributed by atoms with Gasteiger partial charge in [-0.3, -0.25) is 0 Å². The highest BCUT2D eigenvalue weighted by Crippen LogP contribution is 2.15. The number of rotatable bonds is 12. The highest BCUT2D eigenvalue weighted by Gasteiger charge is 2.08. The van der Waals surface area contributed by atoms with Crippen molar-refractivity contribution in [2.75, 3.05) is 6.54 Å². The van der Waals surface area contributed by atoms with Crippen LogP contribution in [-0.2, 0) is 6.42 Å². The van der Waals surface area contributed by atoms with Crippen molar-refractivity contribution in [1.82, 2.24) is 5.32 Å². The molecule has 0 saturated carbocycles. The molecule has 2 heteroatoms.